The van der Waals surface area contributed by atoms with Crippen LogP contribution in [0.5, 0.6) is 5.75 Å². The highest BCUT2D eigenvalue weighted by Crippen LogP contribution is 2.38. The number of hydrogen-bond acceptors (Lipinski definition) is 5. The summed E-state index contributed by atoms with van der Waals surface area (Å²) in [6.45, 7) is 0. The number of nitro groups is 1. The Bertz CT molecular complexity index is 937. The van der Waals surface area contributed by atoms with Gasteiger partial charge in [0, 0.05) is 17.5 Å². The summed E-state index contributed by atoms with van der Waals surface area (Å²) in [5.41, 5.74) is 7.06. The molecule has 0 aliphatic rings. The number of nitrogens with two attached hydrogens (primary N) is 1. The number of fused-ring (bicyclic) bond motifs is 1. The molecule has 1 aromatic heterocycles. The summed E-state index contributed by atoms with van der Waals surface area (Å²) in [7, 11) is 0. The van der Waals surface area contributed by atoms with Crippen molar-refractivity contribution in [1.82, 2.24) is 4.57 Å². The van der Waals surface area contributed by atoms with Crippen molar-refractivity contribution in [2.75, 3.05) is 0 Å². The van der Waals surface area contributed by atoms with Crippen molar-refractivity contribution in [3.05, 3.63) is 64.3 Å². The molecule has 0 spiro atoms. The average molecular weight is 342 g/mol. The van der Waals surface area contributed by atoms with Gasteiger partial charge in [0.15, 0.2) is 5.17 Å². The lowest BCUT2D eigenvalue weighted by Gasteiger charge is -2.10. The zero-order valence-electron chi connectivity index (χ0n) is 12.5. The van der Waals surface area contributed by atoms with E-state index in [-0.39, 0.29) is 22.4 Å². The number of aromatic nitrogens is 1. The third-order valence-electron chi connectivity index (χ3n) is 3.58. The smallest absolute Gasteiger partial charge is 0.299 e. The van der Waals surface area contributed by atoms with E-state index in [9.17, 15) is 15.2 Å². The Morgan fingerprint density at radius 3 is 2.62 bits per heavy atom. The molecule has 0 amide bonds. The standard InChI is InChI=1S/C16H14N4O3S/c17-16(18)24-9-14-15(20(22)23)12-7-6-11(21)8-13(12)19(14)10-4-2-1-3-5-10/h1-8,21H,9H2,(H3,17,18). The second-order valence-corrected chi connectivity index (χ2v) is 6.09. The fourth-order valence-corrected chi connectivity index (χ4v) is 3.22. The van der Waals surface area contributed by atoms with Crippen LogP contribution in [0.4, 0.5) is 5.69 Å². The van der Waals surface area contributed by atoms with Crippen molar-refractivity contribution < 1.29 is 10.0 Å². The Kier molecular flexibility index (Phi) is 4.13. The van der Waals surface area contributed by atoms with Crippen LogP contribution in [-0.2, 0) is 5.75 Å². The lowest BCUT2D eigenvalue weighted by molar-refractivity contribution is -0.383. The van der Waals surface area contributed by atoms with Gasteiger partial charge in [-0.1, -0.05) is 30.0 Å². The van der Waals surface area contributed by atoms with E-state index in [1.165, 1.54) is 18.2 Å². The van der Waals surface area contributed by atoms with E-state index in [1.807, 2.05) is 30.3 Å². The van der Waals surface area contributed by atoms with Crippen molar-refractivity contribution in [2.24, 2.45) is 5.73 Å². The first-order valence-corrected chi connectivity index (χ1v) is 8.00. The predicted octanol–water partition coefficient (Wildman–Crippen LogP) is 3.37. The van der Waals surface area contributed by atoms with E-state index in [0.717, 1.165) is 17.4 Å². The highest BCUT2D eigenvalue weighted by molar-refractivity contribution is 8.13. The van der Waals surface area contributed by atoms with Crippen LogP contribution < -0.4 is 5.73 Å². The fourth-order valence-electron chi connectivity index (χ4n) is 2.67. The molecular weight excluding hydrogens is 328 g/mol. The quantitative estimate of drug-likeness (QED) is 0.291. The molecule has 1 heterocycles. The molecule has 4 N–H and O–H groups in total. The Labute approximate surface area is 141 Å². The molecule has 0 saturated heterocycles. The first-order chi connectivity index (χ1) is 11.5. The molecule has 0 atom stereocenters. The van der Waals surface area contributed by atoms with E-state index in [4.69, 9.17) is 11.1 Å². The molecule has 3 rings (SSSR count). The Balaban J connectivity index is 2.36. The number of hydrogen-bond donors (Lipinski definition) is 3. The maximum atomic E-state index is 11.6. The van der Waals surface area contributed by atoms with Crippen LogP contribution in [0.3, 0.4) is 0 Å². The van der Waals surface area contributed by atoms with Crippen LogP contribution in [0.25, 0.3) is 16.6 Å². The summed E-state index contributed by atoms with van der Waals surface area (Å²) >= 11 is 1.02. The zero-order valence-corrected chi connectivity index (χ0v) is 13.3. The normalized spacial score (nSPS) is 10.8. The number of thioether (sulfide) groups is 1. The van der Waals surface area contributed by atoms with Crippen molar-refractivity contribution in [2.45, 2.75) is 5.75 Å². The van der Waals surface area contributed by atoms with Gasteiger partial charge < -0.3 is 15.4 Å². The third kappa shape index (κ3) is 2.79. The minimum absolute atomic E-state index is 0.0258. The maximum absolute atomic E-state index is 11.6. The number of benzene rings is 2. The lowest BCUT2D eigenvalue weighted by Crippen LogP contribution is -2.07. The molecule has 0 saturated carbocycles. The molecular formula is C16H14N4O3S. The fraction of sp³-hybridized carbons (Fsp3) is 0.0625. The number of para-hydroxylation sites is 1. The minimum atomic E-state index is -0.436. The van der Waals surface area contributed by atoms with Gasteiger partial charge in [-0.15, -0.1) is 0 Å². The van der Waals surface area contributed by atoms with Crippen LogP contribution in [-0.4, -0.2) is 19.8 Å². The van der Waals surface area contributed by atoms with Crippen LogP contribution >= 0.6 is 11.8 Å². The summed E-state index contributed by atoms with van der Waals surface area (Å²) in [6.07, 6.45) is 0. The van der Waals surface area contributed by atoms with Crippen LogP contribution in [0.1, 0.15) is 5.69 Å². The van der Waals surface area contributed by atoms with Crippen LogP contribution in [0, 0.1) is 15.5 Å². The van der Waals surface area contributed by atoms with Gasteiger partial charge in [-0.3, -0.25) is 15.5 Å². The molecule has 24 heavy (non-hydrogen) atoms. The zero-order chi connectivity index (χ0) is 17.3. The molecule has 0 fully saturated rings. The van der Waals surface area contributed by atoms with Crippen molar-refractivity contribution in [3.63, 3.8) is 0 Å². The molecule has 0 aliphatic carbocycles. The summed E-state index contributed by atoms with van der Waals surface area (Å²) in [6, 6.07) is 13.6. The topological polar surface area (TPSA) is 118 Å². The molecule has 0 unspecified atom stereocenters. The van der Waals surface area contributed by atoms with Crippen molar-refractivity contribution in [1.29, 1.82) is 5.41 Å². The van der Waals surface area contributed by atoms with Gasteiger partial charge in [-0.05, 0) is 24.3 Å². The number of nitrogens with zero attached hydrogens (tertiary/aromatic N) is 2. The first kappa shape index (κ1) is 15.9. The summed E-state index contributed by atoms with van der Waals surface area (Å²) in [5.74, 6) is 0.202. The highest BCUT2D eigenvalue weighted by Gasteiger charge is 2.27. The van der Waals surface area contributed by atoms with Crippen molar-refractivity contribution in [3.8, 4) is 11.4 Å². The van der Waals surface area contributed by atoms with E-state index >= 15 is 0 Å². The molecule has 0 radical (unpaired) electrons. The predicted molar refractivity (Wildman–Crippen MR) is 94.8 cm³/mol. The molecule has 0 aliphatic heterocycles. The molecule has 3 aromatic rings. The molecule has 2 aromatic carbocycles. The largest absolute Gasteiger partial charge is 0.508 e. The number of phenols is 1. The number of rotatable bonds is 4. The Morgan fingerprint density at radius 2 is 2.00 bits per heavy atom. The van der Waals surface area contributed by atoms with Crippen molar-refractivity contribution >= 4 is 33.5 Å². The van der Waals surface area contributed by atoms with Gasteiger partial charge in [0.25, 0.3) is 5.69 Å². The summed E-state index contributed by atoms with van der Waals surface area (Å²) in [4.78, 5) is 11.2. The van der Waals surface area contributed by atoms with Crippen LogP contribution in [0.2, 0.25) is 0 Å². The lowest BCUT2D eigenvalue weighted by atomic mass is 10.2. The van der Waals surface area contributed by atoms with E-state index in [2.05, 4.69) is 0 Å². The van der Waals surface area contributed by atoms with Gasteiger partial charge in [-0.2, -0.15) is 0 Å². The van der Waals surface area contributed by atoms with Gasteiger partial charge in [0.2, 0.25) is 0 Å². The van der Waals surface area contributed by atoms with E-state index in [0.29, 0.717) is 16.6 Å². The maximum Gasteiger partial charge on any atom is 0.299 e. The SMILES string of the molecule is N=C(N)SCc1c([N+](=O)[O-])c2ccc(O)cc2n1-c1ccccc1. The molecule has 0 bridgehead atoms. The summed E-state index contributed by atoms with van der Waals surface area (Å²) < 4.78 is 1.73. The van der Waals surface area contributed by atoms with E-state index < -0.39 is 4.92 Å². The van der Waals surface area contributed by atoms with Crippen LogP contribution in [0.15, 0.2) is 48.5 Å². The average Bonchev–Trinajstić information content (AvgIpc) is 2.87. The molecule has 8 heteroatoms. The number of nitrogens with one attached hydrogen (secondary N) is 1. The third-order valence-corrected chi connectivity index (χ3v) is 4.31. The first-order valence-electron chi connectivity index (χ1n) is 7.02. The minimum Gasteiger partial charge on any atom is -0.508 e. The molecule has 7 nitrogen and oxygen atoms in total. The Morgan fingerprint density at radius 1 is 1.29 bits per heavy atom. The number of amidine groups is 1. The molecule has 122 valence electrons. The second-order valence-electron chi connectivity index (χ2n) is 5.08. The monoisotopic (exact) mass is 342 g/mol. The summed E-state index contributed by atoms with van der Waals surface area (Å²) in [5, 5.41) is 29.2. The van der Waals surface area contributed by atoms with Gasteiger partial charge in [0.1, 0.15) is 11.4 Å². The Hall–Kier alpha value is -3.00. The van der Waals surface area contributed by atoms with Gasteiger partial charge in [-0.25, -0.2) is 0 Å². The highest BCUT2D eigenvalue weighted by atomic mass is 32.2. The van der Waals surface area contributed by atoms with Gasteiger partial charge >= 0.3 is 0 Å². The second kappa shape index (κ2) is 6.25. The van der Waals surface area contributed by atoms with E-state index in [1.54, 1.807) is 4.57 Å². The number of phenolic OH excluding ortho intramolecular Hbond substituents is 1. The van der Waals surface area contributed by atoms with Gasteiger partial charge in [0.05, 0.1) is 15.8 Å². The number of aromatic hydroxyl groups is 1.